The molecule has 2 unspecified atom stereocenters. The summed E-state index contributed by atoms with van der Waals surface area (Å²) in [6.07, 6.45) is 4.47. The quantitative estimate of drug-likeness (QED) is 0.739. The smallest absolute Gasteiger partial charge is 0.295 e. The Balaban J connectivity index is 1.80. The van der Waals surface area contributed by atoms with Gasteiger partial charge in [-0.25, -0.2) is 0 Å². The minimum Gasteiger partial charge on any atom is -0.424 e. The summed E-state index contributed by atoms with van der Waals surface area (Å²) in [5.41, 5.74) is 7.90. The molecule has 0 radical (unpaired) electrons. The van der Waals surface area contributed by atoms with E-state index in [-0.39, 0.29) is 18.6 Å². The van der Waals surface area contributed by atoms with Gasteiger partial charge in [0, 0.05) is 24.3 Å². The third kappa shape index (κ3) is 2.51. The molecule has 0 saturated heterocycles. The molecule has 5 nitrogen and oxygen atoms in total. The van der Waals surface area contributed by atoms with E-state index < -0.39 is 0 Å². The first-order valence-corrected chi connectivity index (χ1v) is 6.80. The lowest BCUT2D eigenvalue weighted by Gasteiger charge is -2.30. The Morgan fingerprint density at radius 3 is 3.05 bits per heavy atom. The lowest BCUT2D eigenvalue weighted by molar-refractivity contribution is 0.177. The van der Waals surface area contributed by atoms with E-state index in [1.807, 2.05) is 6.07 Å². The van der Waals surface area contributed by atoms with Crippen molar-refractivity contribution in [2.45, 2.75) is 31.7 Å². The van der Waals surface area contributed by atoms with Crippen molar-refractivity contribution in [2.75, 3.05) is 17.7 Å². The van der Waals surface area contributed by atoms with E-state index in [2.05, 4.69) is 10.3 Å². The predicted molar refractivity (Wildman–Crippen MR) is 74.9 cm³/mol. The van der Waals surface area contributed by atoms with Gasteiger partial charge in [-0.1, -0.05) is 12.8 Å². The molecule has 4 N–H and O–H groups in total. The molecule has 1 saturated carbocycles. The van der Waals surface area contributed by atoms with Crippen LogP contribution in [-0.2, 0) is 0 Å². The maximum Gasteiger partial charge on any atom is 0.295 e. The van der Waals surface area contributed by atoms with Crippen LogP contribution in [0.2, 0.25) is 0 Å². The maximum absolute atomic E-state index is 9.41. The largest absolute Gasteiger partial charge is 0.424 e. The average molecular weight is 261 g/mol. The van der Waals surface area contributed by atoms with E-state index in [4.69, 9.17) is 10.2 Å². The molecule has 19 heavy (non-hydrogen) atoms. The number of rotatable bonds is 3. The Morgan fingerprint density at radius 1 is 1.37 bits per heavy atom. The zero-order valence-corrected chi connectivity index (χ0v) is 10.8. The number of benzene rings is 1. The van der Waals surface area contributed by atoms with Crippen molar-refractivity contribution in [3.05, 3.63) is 18.2 Å². The summed E-state index contributed by atoms with van der Waals surface area (Å²) >= 11 is 0. The van der Waals surface area contributed by atoms with Gasteiger partial charge in [-0.15, -0.1) is 0 Å². The maximum atomic E-state index is 9.41. The van der Waals surface area contributed by atoms with Gasteiger partial charge in [0.1, 0.15) is 5.52 Å². The number of nitrogens with two attached hydrogens (primary N) is 1. The van der Waals surface area contributed by atoms with Gasteiger partial charge in [-0.05, 0) is 31.0 Å². The molecule has 0 amide bonds. The van der Waals surface area contributed by atoms with Crippen LogP contribution in [0.1, 0.15) is 25.7 Å². The van der Waals surface area contributed by atoms with Crippen molar-refractivity contribution in [3.8, 4) is 0 Å². The first-order chi connectivity index (χ1) is 9.26. The molecule has 102 valence electrons. The van der Waals surface area contributed by atoms with Crippen LogP contribution in [0.15, 0.2) is 22.6 Å². The SMILES string of the molecule is Nc1ccc2oc(NC3CCCCC3CO)nc2c1. The highest BCUT2D eigenvalue weighted by atomic mass is 16.4. The molecule has 1 aliphatic carbocycles. The lowest BCUT2D eigenvalue weighted by Crippen LogP contribution is -2.34. The zero-order valence-electron chi connectivity index (χ0n) is 10.8. The Morgan fingerprint density at radius 2 is 2.21 bits per heavy atom. The van der Waals surface area contributed by atoms with E-state index in [0.717, 1.165) is 23.9 Å². The van der Waals surface area contributed by atoms with E-state index in [0.29, 0.717) is 11.7 Å². The fraction of sp³-hybridized carbons (Fsp3) is 0.500. The highest BCUT2D eigenvalue weighted by Gasteiger charge is 2.25. The second-order valence-electron chi connectivity index (χ2n) is 5.22. The minimum atomic E-state index is 0.213. The summed E-state index contributed by atoms with van der Waals surface area (Å²) in [6, 6.07) is 6.19. The summed E-state index contributed by atoms with van der Waals surface area (Å²) in [4.78, 5) is 4.40. The molecule has 1 fully saturated rings. The molecule has 2 aromatic rings. The van der Waals surface area contributed by atoms with Gasteiger partial charge >= 0.3 is 0 Å². The van der Waals surface area contributed by atoms with Crippen LogP contribution in [-0.4, -0.2) is 22.7 Å². The van der Waals surface area contributed by atoms with Gasteiger partial charge in [-0.2, -0.15) is 4.98 Å². The van der Waals surface area contributed by atoms with Crippen molar-refractivity contribution >= 4 is 22.8 Å². The van der Waals surface area contributed by atoms with Crippen LogP contribution in [0, 0.1) is 5.92 Å². The highest BCUT2D eigenvalue weighted by Crippen LogP contribution is 2.28. The number of aliphatic hydroxyl groups excluding tert-OH is 1. The molecular weight excluding hydrogens is 242 g/mol. The van der Waals surface area contributed by atoms with E-state index in [9.17, 15) is 5.11 Å². The van der Waals surface area contributed by atoms with Crippen molar-refractivity contribution in [1.82, 2.24) is 4.98 Å². The Hall–Kier alpha value is -1.75. The number of fused-ring (bicyclic) bond motifs is 1. The first kappa shape index (κ1) is 12.3. The Kier molecular flexibility index (Phi) is 3.29. The molecule has 0 bridgehead atoms. The number of aromatic nitrogens is 1. The number of nitrogens with one attached hydrogen (secondary N) is 1. The van der Waals surface area contributed by atoms with Crippen LogP contribution < -0.4 is 11.1 Å². The van der Waals surface area contributed by atoms with Gasteiger partial charge in [0.2, 0.25) is 0 Å². The lowest BCUT2D eigenvalue weighted by atomic mass is 9.85. The third-order valence-corrected chi connectivity index (χ3v) is 3.86. The molecular formula is C14H19N3O2. The summed E-state index contributed by atoms with van der Waals surface area (Å²) < 4.78 is 5.66. The number of nitrogen functional groups attached to an aromatic ring is 1. The molecule has 1 aromatic heterocycles. The van der Waals surface area contributed by atoms with Crippen molar-refractivity contribution in [1.29, 1.82) is 0 Å². The van der Waals surface area contributed by atoms with Crippen molar-refractivity contribution in [2.24, 2.45) is 5.92 Å². The number of hydrogen-bond donors (Lipinski definition) is 3. The molecule has 1 aromatic carbocycles. The van der Waals surface area contributed by atoms with E-state index in [1.54, 1.807) is 12.1 Å². The van der Waals surface area contributed by atoms with Gasteiger partial charge in [0.25, 0.3) is 6.01 Å². The van der Waals surface area contributed by atoms with Gasteiger partial charge in [-0.3, -0.25) is 0 Å². The Labute approximate surface area is 111 Å². The second kappa shape index (κ2) is 5.09. The topological polar surface area (TPSA) is 84.3 Å². The monoisotopic (exact) mass is 261 g/mol. The first-order valence-electron chi connectivity index (χ1n) is 6.80. The van der Waals surface area contributed by atoms with Crippen LogP contribution in [0.4, 0.5) is 11.7 Å². The number of hydrogen-bond acceptors (Lipinski definition) is 5. The molecule has 1 aliphatic rings. The third-order valence-electron chi connectivity index (χ3n) is 3.86. The molecule has 1 heterocycles. The van der Waals surface area contributed by atoms with Crippen LogP contribution in [0.3, 0.4) is 0 Å². The molecule has 5 heteroatoms. The highest BCUT2D eigenvalue weighted by molar-refractivity contribution is 5.78. The standard InChI is InChI=1S/C14H19N3O2/c15-10-5-6-13-12(7-10)17-14(19-13)16-11-4-2-1-3-9(11)8-18/h5-7,9,11,18H,1-4,8,15H2,(H,16,17). The summed E-state index contributed by atoms with van der Waals surface area (Å²) in [6.45, 7) is 0.213. The van der Waals surface area contributed by atoms with Gasteiger partial charge in [0.05, 0.1) is 0 Å². The fourth-order valence-electron chi connectivity index (χ4n) is 2.78. The zero-order chi connectivity index (χ0) is 13.2. The molecule has 0 aliphatic heterocycles. The van der Waals surface area contributed by atoms with Crippen LogP contribution in [0.5, 0.6) is 0 Å². The minimum absolute atomic E-state index is 0.213. The summed E-state index contributed by atoms with van der Waals surface area (Å²) in [7, 11) is 0. The summed E-state index contributed by atoms with van der Waals surface area (Å²) in [5.74, 6) is 0.286. The predicted octanol–water partition coefficient (Wildman–Crippen LogP) is 2.37. The number of nitrogens with zero attached hydrogens (tertiary/aromatic N) is 1. The molecule has 2 atom stereocenters. The average Bonchev–Trinajstić information content (AvgIpc) is 2.80. The van der Waals surface area contributed by atoms with Gasteiger partial charge in [0.15, 0.2) is 5.58 Å². The van der Waals surface area contributed by atoms with E-state index >= 15 is 0 Å². The van der Waals surface area contributed by atoms with Crippen molar-refractivity contribution < 1.29 is 9.52 Å². The second-order valence-corrected chi connectivity index (χ2v) is 5.22. The van der Waals surface area contributed by atoms with E-state index in [1.165, 1.54) is 12.8 Å². The Bertz CT molecular complexity index is 567. The van der Waals surface area contributed by atoms with Crippen LogP contribution >= 0.6 is 0 Å². The number of oxazole rings is 1. The molecule has 0 spiro atoms. The van der Waals surface area contributed by atoms with Gasteiger partial charge < -0.3 is 20.6 Å². The molecule has 3 rings (SSSR count). The van der Waals surface area contributed by atoms with Crippen molar-refractivity contribution in [3.63, 3.8) is 0 Å². The number of anilines is 2. The number of aliphatic hydroxyl groups is 1. The normalized spacial score (nSPS) is 23.6. The fourth-order valence-corrected chi connectivity index (χ4v) is 2.78. The van der Waals surface area contributed by atoms with Crippen LogP contribution in [0.25, 0.3) is 11.1 Å². The summed E-state index contributed by atoms with van der Waals surface area (Å²) in [5, 5.41) is 12.7.